The predicted molar refractivity (Wildman–Crippen MR) is 121 cm³/mol. The molecule has 30 heavy (non-hydrogen) atoms. The molecule has 0 saturated carbocycles. The number of benzene rings is 3. The number of amides is 2. The van der Waals surface area contributed by atoms with Crippen LogP contribution in [0, 0.1) is 0 Å². The molecule has 0 unspecified atom stereocenters. The number of fused-ring (bicyclic) bond motifs is 1. The van der Waals surface area contributed by atoms with Crippen LogP contribution in [0.25, 0.3) is 11.1 Å². The van der Waals surface area contributed by atoms with Crippen molar-refractivity contribution in [3.8, 4) is 11.1 Å². The lowest BCUT2D eigenvalue weighted by Gasteiger charge is -2.22. The number of primary amides is 1. The van der Waals surface area contributed by atoms with Gasteiger partial charge >= 0.3 is 0 Å². The van der Waals surface area contributed by atoms with Crippen LogP contribution < -0.4 is 16.0 Å². The third kappa shape index (κ3) is 3.99. The number of halogens is 2. The molecule has 0 aromatic heterocycles. The Labute approximate surface area is 184 Å². The standard InChI is InChI=1S/C23H19Cl2N3O2/c24-18-5-2-6-19(22(18)25)28-10-9-14-7-8-16(12-20(14)28)15-3-1-4-17(11-15)23(30)27-13-21(26)29/h1-8,11-12H,9-10,13H2,(H2,26,29)(H,27,30). The van der Waals surface area contributed by atoms with Crippen LogP contribution in [0.4, 0.5) is 11.4 Å². The summed E-state index contributed by atoms with van der Waals surface area (Å²) in [6.45, 7) is 0.617. The largest absolute Gasteiger partial charge is 0.368 e. The number of carbonyl (C=O) groups excluding carboxylic acids is 2. The maximum absolute atomic E-state index is 12.3. The van der Waals surface area contributed by atoms with Gasteiger partial charge in [0.05, 0.1) is 22.3 Å². The van der Waals surface area contributed by atoms with Crippen molar-refractivity contribution in [2.75, 3.05) is 18.0 Å². The van der Waals surface area contributed by atoms with Crippen LogP contribution in [0.3, 0.4) is 0 Å². The summed E-state index contributed by atoms with van der Waals surface area (Å²) < 4.78 is 0. The van der Waals surface area contributed by atoms with E-state index in [-0.39, 0.29) is 12.5 Å². The molecule has 5 nitrogen and oxygen atoms in total. The number of carbonyl (C=O) groups is 2. The molecular formula is C23H19Cl2N3O2. The van der Waals surface area contributed by atoms with Gasteiger partial charge in [0, 0.05) is 17.8 Å². The number of anilines is 2. The second-order valence-corrected chi connectivity index (χ2v) is 7.83. The predicted octanol–water partition coefficient (Wildman–Crippen LogP) is 4.57. The van der Waals surface area contributed by atoms with Crippen molar-refractivity contribution in [1.82, 2.24) is 5.32 Å². The highest BCUT2D eigenvalue weighted by Gasteiger charge is 2.23. The van der Waals surface area contributed by atoms with Crippen LogP contribution in [-0.4, -0.2) is 24.9 Å². The number of hydrogen-bond acceptors (Lipinski definition) is 3. The molecule has 3 aromatic carbocycles. The lowest BCUT2D eigenvalue weighted by atomic mass is 10.00. The smallest absolute Gasteiger partial charge is 0.251 e. The minimum Gasteiger partial charge on any atom is -0.368 e. The molecule has 2 amide bonds. The third-order valence-electron chi connectivity index (χ3n) is 5.08. The summed E-state index contributed by atoms with van der Waals surface area (Å²) in [6.07, 6.45) is 0.911. The van der Waals surface area contributed by atoms with E-state index in [0.29, 0.717) is 15.6 Å². The van der Waals surface area contributed by atoms with E-state index in [0.717, 1.165) is 35.5 Å². The minimum atomic E-state index is -0.585. The minimum absolute atomic E-state index is 0.197. The van der Waals surface area contributed by atoms with Gasteiger partial charge in [0.25, 0.3) is 5.91 Å². The molecule has 0 fully saturated rings. The molecule has 7 heteroatoms. The average molecular weight is 440 g/mol. The van der Waals surface area contributed by atoms with Crippen molar-refractivity contribution < 1.29 is 9.59 Å². The summed E-state index contributed by atoms with van der Waals surface area (Å²) in [5, 5.41) is 3.56. The first-order chi connectivity index (χ1) is 14.4. The van der Waals surface area contributed by atoms with Gasteiger partial charge in [0.1, 0.15) is 0 Å². The SMILES string of the molecule is NC(=O)CNC(=O)c1cccc(-c2ccc3c(c2)N(c2cccc(Cl)c2Cl)CC3)c1. The first kappa shape index (κ1) is 20.3. The average Bonchev–Trinajstić information content (AvgIpc) is 3.17. The zero-order valence-corrected chi connectivity index (χ0v) is 17.5. The molecule has 0 spiro atoms. The molecule has 0 bridgehead atoms. The first-order valence-corrected chi connectivity index (χ1v) is 10.2. The van der Waals surface area contributed by atoms with Crippen LogP contribution in [0.15, 0.2) is 60.7 Å². The van der Waals surface area contributed by atoms with Crippen molar-refractivity contribution in [2.24, 2.45) is 5.73 Å². The van der Waals surface area contributed by atoms with Crippen molar-refractivity contribution in [3.05, 3.63) is 81.8 Å². The molecule has 1 aliphatic heterocycles. The maximum atomic E-state index is 12.3. The van der Waals surface area contributed by atoms with Crippen molar-refractivity contribution in [1.29, 1.82) is 0 Å². The Hall–Kier alpha value is -3.02. The molecular weight excluding hydrogens is 421 g/mol. The number of rotatable bonds is 5. The van der Waals surface area contributed by atoms with E-state index in [2.05, 4.69) is 22.3 Å². The molecule has 0 aliphatic carbocycles. The third-order valence-corrected chi connectivity index (χ3v) is 5.89. The van der Waals surface area contributed by atoms with Gasteiger partial charge in [-0.1, -0.05) is 53.5 Å². The summed E-state index contributed by atoms with van der Waals surface area (Å²) in [5.74, 6) is -0.929. The zero-order valence-electron chi connectivity index (χ0n) is 16.0. The summed E-state index contributed by atoms with van der Waals surface area (Å²) in [4.78, 5) is 25.3. The second-order valence-electron chi connectivity index (χ2n) is 7.05. The lowest BCUT2D eigenvalue weighted by molar-refractivity contribution is -0.117. The number of nitrogens with one attached hydrogen (secondary N) is 1. The Morgan fingerprint density at radius 2 is 1.73 bits per heavy atom. The fraction of sp³-hybridized carbons (Fsp3) is 0.130. The van der Waals surface area contributed by atoms with Gasteiger partial charge in [-0.2, -0.15) is 0 Å². The van der Waals surface area contributed by atoms with Crippen molar-refractivity contribution in [3.63, 3.8) is 0 Å². The Morgan fingerprint density at radius 3 is 2.53 bits per heavy atom. The van der Waals surface area contributed by atoms with Gasteiger partial charge in [-0.05, 0) is 53.4 Å². The van der Waals surface area contributed by atoms with E-state index in [4.69, 9.17) is 28.9 Å². The molecule has 4 rings (SSSR count). The van der Waals surface area contributed by atoms with Gasteiger partial charge in [-0.25, -0.2) is 0 Å². The van der Waals surface area contributed by atoms with E-state index in [1.54, 1.807) is 18.2 Å². The molecule has 3 aromatic rings. The summed E-state index contributed by atoms with van der Waals surface area (Å²) in [6, 6.07) is 19.1. The monoisotopic (exact) mass is 439 g/mol. The first-order valence-electron chi connectivity index (χ1n) is 9.45. The molecule has 0 radical (unpaired) electrons. The Balaban J connectivity index is 1.67. The Morgan fingerprint density at radius 1 is 0.967 bits per heavy atom. The van der Waals surface area contributed by atoms with Crippen LogP contribution in [0.5, 0.6) is 0 Å². The van der Waals surface area contributed by atoms with Gasteiger partial charge in [0.2, 0.25) is 5.91 Å². The molecule has 1 heterocycles. The van der Waals surface area contributed by atoms with Crippen LogP contribution >= 0.6 is 23.2 Å². The van der Waals surface area contributed by atoms with Crippen LogP contribution in [0.1, 0.15) is 15.9 Å². The second kappa shape index (κ2) is 8.38. The van der Waals surface area contributed by atoms with E-state index in [1.165, 1.54) is 5.56 Å². The van der Waals surface area contributed by atoms with Crippen LogP contribution in [0.2, 0.25) is 10.0 Å². The normalized spacial score (nSPS) is 12.5. The molecule has 0 atom stereocenters. The van der Waals surface area contributed by atoms with Gasteiger partial charge in [-0.15, -0.1) is 0 Å². The van der Waals surface area contributed by atoms with Crippen molar-refractivity contribution >= 4 is 46.4 Å². The fourth-order valence-electron chi connectivity index (χ4n) is 3.62. The quantitative estimate of drug-likeness (QED) is 0.611. The van der Waals surface area contributed by atoms with E-state index in [9.17, 15) is 9.59 Å². The lowest BCUT2D eigenvalue weighted by Crippen LogP contribution is -2.33. The van der Waals surface area contributed by atoms with E-state index in [1.807, 2.05) is 30.3 Å². The van der Waals surface area contributed by atoms with E-state index < -0.39 is 5.91 Å². The highest BCUT2D eigenvalue weighted by molar-refractivity contribution is 6.43. The summed E-state index contributed by atoms with van der Waals surface area (Å²) in [5.41, 5.74) is 10.6. The summed E-state index contributed by atoms with van der Waals surface area (Å²) >= 11 is 12.7. The Kier molecular flexibility index (Phi) is 5.66. The Bertz CT molecular complexity index is 1150. The molecule has 0 saturated heterocycles. The maximum Gasteiger partial charge on any atom is 0.251 e. The topological polar surface area (TPSA) is 75.4 Å². The summed E-state index contributed by atoms with van der Waals surface area (Å²) in [7, 11) is 0. The highest BCUT2D eigenvalue weighted by atomic mass is 35.5. The number of nitrogens with zero attached hydrogens (tertiary/aromatic N) is 1. The highest BCUT2D eigenvalue weighted by Crippen LogP contribution is 2.42. The van der Waals surface area contributed by atoms with E-state index >= 15 is 0 Å². The van der Waals surface area contributed by atoms with Gasteiger partial charge in [0.15, 0.2) is 0 Å². The van der Waals surface area contributed by atoms with Crippen LogP contribution in [-0.2, 0) is 11.2 Å². The van der Waals surface area contributed by atoms with Crippen molar-refractivity contribution in [2.45, 2.75) is 6.42 Å². The van der Waals surface area contributed by atoms with Gasteiger partial charge < -0.3 is 16.0 Å². The number of nitrogens with two attached hydrogens (primary N) is 1. The molecule has 1 aliphatic rings. The number of hydrogen-bond donors (Lipinski definition) is 2. The molecule has 152 valence electrons. The molecule has 3 N–H and O–H groups in total. The zero-order chi connectivity index (χ0) is 21.3. The van der Waals surface area contributed by atoms with Gasteiger partial charge in [-0.3, -0.25) is 9.59 Å². The fourth-order valence-corrected chi connectivity index (χ4v) is 4.02.